The minimum atomic E-state index is -0.521. The van der Waals surface area contributed by atoms with Gasteiger partial charge in [-0.05, 0) is 41.5 Å². The normalized spacial score (nSPS) is 16.2. The molecule has 1 aliphatic heterocycles. The standard InChI is InChI=1S/C22H20ClFN4O2/c1-25-21(29)12-28-10-13-2-3-15(23)7-18(13)19(11-28)22(30)27-20-9-26-8-14-6-16(24)4-5-17(14)20/h2-9,19H,10-12H2,1H3,(H,25,29)(H,27,30). The van der Waals surface area contributed by atoms with Crippen molar-refractivity contribution in [2.24, 2.45) is 0 Å². The number of nitrogens with one attached hydrogen (secondary N) is 2. The average Bonchev–Trinajstić information content (AvgIpc) is 2.73. The van der Waals surface area contributed by atoms with Crippen LogP contribution in [0.15, 0.2) is 48.8 Å². The number of pyridine rings is 1. The van der Waals surface area contributed by atoms with E-state index in [1.165, 1.54) is 12.1 Å². The molecule has 30 heavy (non-hydrogen) atoms. The molecule has 0 aliphatic carbocycles. The number of carbonyl (C=O) groups is 2. The second-order valence-electron chi connectivity index (χ2n) is 7.28. The van der Waals surface area contributed by atoms with E-state index in [1.54, 1.807) is 37.6 Å². The van der Waals surface area contributed by atoms with Gasteiger partial charge in [0.25, 0.3) is 0 Å². The maximum atomic E-state index is 13.5. The lowest BCUT2D eigenvalue weighted by molar-refractivity contribution is -0.123. The molecule has 0 spiro atoms. The molecule has 154 valence electrons. The number of amides is 2. The second-order valence-corrected chi connectivity index (χ2v) is 7.72. The van der Waals surface area contributed by atoms with E-state index >= 15 is 0 Å². The molecule has 4 rings (SSSR count). The molecule has 1 aliphatic rings. The van der Waals surface area contributed by atoms with Gasteiger partial charge in [-0.1, -0.05) is 17.7 Å². The molecule has 0 radical (unpaired) electrons. The third kappa shape index (κ3) is 4.13. The zero-order valence-corrected chi connectivity index (χ0v) is 17.0. The molecule has 1 aromatic heterocycles. The Labute approximate surface area is 178 Å². The van der Waals surface area contributed by atoms with Crippen LogP contribution >= 0.6 is 11.6 Å². The monoisotopic (exact) mass is 426 g/mol. The zero-order chi connectivity index (χ0) is 21.3. The number of likely N-dealkylation sites (N-methyl/N-ethyl adjacent to an activating group) is 1. The molecular weight excluding hydrogens is 407 g/mol. The lowest BCUT2D eigenvalue weighted by Gasteiger charge is -2.33. The fourth-order valence-corrected chi connectivity index (χ4v) is 3.97. The van der Waals surface area contributed by atoms with Crippen LogP contribution in [0.25, 0.3) is 10.8 Å². The summed E-state index contributed by atoms with van der Waals surface area (Å²) in [5.74, 6) is -1.24. The predicted octanol–water partition coefficient (Wildman–Crippen LogP) is 3.31. The van der Waals surface area contributed by atoms with Gasteiger partial charge in [-0.3, -0.25) is 19.5 Å². The number of fused-ring (bicyclic) bond motifs is 2. The summed E-state index contributed by atoms with van der Waals surface area (Å²) in [4.78, 5) is 31.2. The minimum Gasteiger partial charge on any atom is -0.358 e. The maximum Gasteiger partial charge on any atom is 0.233 e. The molecule has 6 nitrogen and oxygen atoms in total. The first-order chi connectivity index (χ1) is 14.4. The number of anilines is 1. The fourth-order valence-electron chi connectivity index (χ4n) is 3.79. The minimum absolute atomic E-state index is 0.119. The van der Waals surface area contributed by atoms with Gasteiger partial charge in [0.1, 0.15) is 5.82 Å². The van der Waals surface area contributed by atoms with E-state index in [0.717, 1.165) is 11.1 Å². The third-order valence-corrected chi connectivity index (χ3v) is 5.49. The molecule has 0 bridgehead atoms. The van der Waals surface area contributed by atoms with Gasteiger partial charge in [0, 0.05) is 42.1 Å². The van der Waals surface area contributed by atoms with E-state index in [0.29, 0.717) is 34.6 Å². The summed E-state index contributed by atoms with van der Waals surface area (Å²) in [7, 11) is 1.58. The molecule has 1 atom stereocenters. The molecule has 0 saturated heterocycles. The van der Waals surface area contributed by atoms with Crippen molar-refractivity contribution in [1.82, 2.24) is 15.2 Å². The number of benzene rings is 2. The van der Waals surface area contributed by atoms with E-state index in [-0.39, 0.29) is 24.2 Å². The molecule has 2 N–H and O–H groups in total. The number of nitrogens with zero attached hydrogens (tertiary/aromatic N) is 2. The van der Waals surface area contributed by atoms with Gasteiger partial charge in [0.15, 0.2) is 0 Å². The Hall–Kier alpha value is -3.03. The average molecular weight is 427 g/mol. The van der Waals surface area contributed by atoms with Crippen LogP contribution in [0.1, 0.15) is 17.0 Å². The largest absolute Gasteiger partial charge is 0.358 e. The summed E-state index contributed by atoms with van der Waals surface area (Å²) >= 11 is 6.19. The summed E-state index contributed by atoms with van der Waals surface area (Å²) in [5, 5.41) is 7.39. The van der Waals surface area contributed by atoms with Gasteiger partial charge in [-0.25, -0.2) is 4.39 Å². The third-order valence-electron chi connectivity index (χ3n) is 5.26. The molecule has 3 aromatic rings. The number of aromatic nitrogens is 1. The van der Waals surface area contributed by atoms with Gasteiger partial charge in [-0.15, -0.1) is 0 Å². The topological polar surface area (TPSA) is 74.3 Å². The van der Waals surface area contributed by atoms with Crippen LogP contribution in [0.3, 0.4) is 0 Å². The number of carbonyl (C=O) groups excluding carboxylic acids is 2. The highest BCUT2D eigenvalue weighted by molar-refractivity contribution is 6.30. The highest BCUT2D eigenvalue weighted by atomic mass is 35.5. The van der Waals surface area contributed by atoms with Gasteiger partial charge in [0.05, 0.1) is 24.3 Å². The molecule has 1 unspecified atom stereocenters. The van der Waals surface area contributed by atoms with Crippen molar-refractivity contribution in [2.75, 3.05) is 25.5 Å². The summed E-state index contributed by atoms with van der Waals surface area (Å²) in [6.45, 7) is 1.12. The van der Waals surface area contributed by atoms with E-state index in [9.17, 15) is 14.0 Å². The second kappa shape index (κ2) is 8.38. The lowest BCUT2D eigenvalue weighted by Crippen LogP contribution is -2.43. The van der Waals surface area contributed by atoms with E-state index in [4.69, 9.17) is 11.6 Å². The van der Waals surface area contributed by atoms with Gasteiger partial charge < -0.3 is 10.6 Å². The van der Waals surface area contributed by atoms with E-state index in [2.05, 4.69) is 15.6 Å². The van der Waals surface area contributed by atoms with Crippen LogP contribution in [0, 0.1) is 5.82 Å². The first-order valence-corrected chi connectivity index (χ1v) is 9.88. The first-order valence-electron chi connectivity index (χ1n) is 9.50. The van der Waals surface area contributed by atoms with Crippen LogP contribution in [-0.2, 0) is 16.1 Å². The molecule has 2 amide bonds. The van der Waals surface area contributed by atoms with Crippen molar-refractivity contribution in [1.29, 1.82) is 0 Å². The van der Waals surface area contributed by atoms with Crippen molar-refractivity contribution in [3.8, 4) is 0 Å². The molecular formula is C22H20ClFN4O2. The Bertz CT molecular complexity index is 1140. The van der Waals surface area contributed by atoms with Crippen LogP contribution < -0.4 is 10.6 Å². The summed E-state index contributed by atoms with van der Waals surface area (Å²) in [6, 6.07) is 9.80. The number of rotatable bonds is 4. The van der Waals surface area contributed by atoms with Crippen LogP contribution in [-0.4, -0.2) is 41.8 Å². The van der Waals surface area contributed by atoms with Crippen LogP contribution in [0.2, 0.25) is 5.02 Å². The van der Waals surface area contributed by atoms with Crippen molar-refractivity contribution in [3.05, 3.63) is 70.8 Å². The molecule has 0 fully saturated rings. The van der Waals surface area contributed by atoms with E-state index in [1.807, 2.05) is 11.0 Å². The van der Waals surface area contributed by atoms with Crippen molar-refractivity contribution in [2.45, 2.75) is 12.5 Å². The molecule has 2 aromatic carbocycles. The SMILES string of the molecule is CNC(=O)CN1Cc2ccc(Cl)cc2C(C(=O)Nc2cncc3cc(F)ccc23)C1. The Morgan fingerprint density at radius 2 is 2.07 bits per heavy atom. The van der Waals surface area contributed by atoms with Gasteiger partial charge in [-0.2, -0.15) is 0 Å². The first kappa shape index (κ1) is 20.3. The maximum absolute atomic E-state index is 13.5. The number of hydrogen-bond acceptors (Lipinski definition) is 4. The Balaban J connectivity index is 1.65. The highest BCUT2D eigenvalue weighted by Gasteiger charge is 2.31. The summed E-state index contributed by atoms with van der Waals surface area (Å²) in [5.41, 5.74) is 2.30. The molecule has 0 saturated carbocycles. The molecule has 2 heterocycles. The van der Waals surface area contributed by atoms with Crippen LogP contribution in [0.4, 0.5) is 10.1 Å². The molecule has 8 heteroatoms. The quantitative estimate of drug-likeness (QED) is 0.671. The predicted molar refractivity (Wildman–Crippen MR) is 114 cm³/mol. The van der Waals surface area contributed by atoms with Crippen molar-refractivity contribution >= 4 is 39.9 Å². The highest BCUT2D eigenvalue weighted by Crippen LogP contribution is 2.32. The number of halogens is 2. The van der Waals surface area contributed by atoms with Gasteiger partial charge >= 0.3 is 0 Å². The Morgan fingerprint density at radius 3 is 2.87 bits per heavy atom. The lowest BCUT2D eigenvalue weighted by atomic mass is 9.89. The summed E-state index contributed by atoms with van der Waals surface area (Å²) in [6.07, 6.45) is 3.09. The Kier molecular flexibility index (Phi) is 5.65. The van der Waals surface area contributed by atoms with Gasteiger partial charge in [0.2, 0.25) is 11.8 Å². The van der Waals surface area contributed by atoms with Crippen LogP contribution in [0.5, 0.6) is 0 Å². The summed E-state index contributed by atoms with van der Waals surface area (Å²) < 4.78 is 13.5. The van der Waals surface area contributed by atoms with Crippen molar-refractivity contribution < 1.29 is 14.0 Å². The van der Waals surface area contributed by atoms with Crippen molar-refractivity contribution in [3.63, 3.8) is 0 Å². The number of hydrogen-bond donors (Lipinski definition) is 2. The fraction of sp³-hybridized carbons (Fsp3) is 0.227. The Morgan fingerprint density at radius 1 is 1.23 bits per heavy atom. The zero-order valence-electron chi connectivity index (χ0n) is 16.3. The van der Waals surface area contributed by atoms with E-state index < -0.39 is 5.92 Å². The smallest absolute Gasteiger partial charge is 0.233 e.